The van der Waals surface area contributed by atoms with Gasteiger partial charge in [0.1, 0.15) is 5.75 Å². The summed E-state index contributed by atoms with van der Waals surface area (Å²) in [5.41, 5.74) is 4.74. The van der Waals surface area contributed by atoms with Gasteiger partial charge in [0, 0.05) is 23.6 Å². The Morgan fingerprint density at radius 3 is 2.78 bits per heavy atom. The van der Waals surface area contributed by atoms with Crippen LogP contribution in [0.15, 0.2) is 54.7 Å². The molecule has 0 amide bonds. The van der Waals surface area contributed by atoms with Crippen LogP contribution in [0, 0.1) is 0 Å². The van der Waals surface area contributed by atoms with Crippen molar-refractivity contribution in [3.63, 3.8) is 0 Å². The van der Waals surface area contributed by atoms with Crippen LogP contribution in [0.3, 0.4) is 0 Å². The summed E-state index contributed by atoms with van der Waals surface area (Å²) in [5.74, 6) is 0.856. The van der Waals surface area contributed by atoms with Crippen LogP contribution in [-0.2, 0) is 20.2 Å². The molecule has 2 heterocycles. The fraction of sp³-hybridized carbons (Fsp3) is 0.238. The van der Waals surface area contributed by atoms with Crippen LogP contribution < -0.4 is 4.74 Å². The van der Waals surface area contributed by atoms with Gasteiger partial charge in [0.05, 0.1) is 42.9 Å². The molecule has 0 saturated heterocycles. The van der Waals surface area contributed by atoms with E-state index in [4.69, 9.17) is 4.74 Å². The first kappa shape index (κ1) is 17.3. The lowest BCUT2D eigenvalue weighted by Crippen LogP contribution is -2.06. The van der Waals surface area contributed by atoms with Crippen LogP contribution in [0.4, 0.5) is 0 Å². The van der Waals surface area contributed by atoms with Crippen molar-refractivity contribution < 1.29 is 9.84 Å². The first-order chi connectivity index (χ1) is 13.2. The molecule has 138 valence electrons. The van der Waals surface area contributed by atoms with Crippen LogP contribution >= 0.6 is 0 Å². The minimum atomic E-state index is -0.0962. The largest absolute Gasteiger partial charge is 0.494 e. The number of nitrogens with zero attached hydrogens (tertiary/aromatic N) is 4. The van der Waals surface area contributed by atoms with Crippen LogP contribution in [-0.4, -0.2) is 31.3 Å². The number of ether oxygens (including phenoxy) is 1. The summed E-state index contributed by atoms with van der Waals surface area (Å²) in [4.78, 5) is 0. The van der Waals surface area contributed by atoms with Gasteiger partial charge in [-0.1, -0.05) is 30.3 Å². The van der Waals surface area contributed by atoms with Gasteiger partial charge in [0.15, 0.2) is 0 Å². The van der Waals surface area contributed by atoms with Crippen molar-refractivity contribution in [3.8, 4) is 17.0 Å². The molecule has 4 aromatic rings. The van der Waals surface area contributed by atoms with Crippen molar-refractivity contribution in [1.29, 1.82) is 0 Å². The molecule has 2 aromatic heterocycles. The maximum Gasteiger partial charge on any atom is 0.124 e. The van der Waals surface area contributed by atoms with Gasteiger partial charge in [-0.25, -0.2) is 0 Å². The number of aliphatic hydroxyl groups excluding tert-OH is 1. The fourth-order valence-corrected chi connectivity index (χ4v) is 3.30. The number of aromatic nitrogens is 4. The first-order valence-electron chi connectivity index (χ1n) is 9.00. The first-order valence-corrected chi connectivity index (χ1v) is 9.00. The minimum Gasteiger partial charge on any atom is -0.494 e. The minimum absolute atomic E-state index is 0.0962. The Labute approximate surface area is 157 Å². The summed E-state index contributed by atoms with van der Waals surface area (Å²) in [6.45, 7) is 3.06. The molecule has 0 aliphatic rings. The molecule has 0 radical (unpaired) electrons. The van der Waals surface area contributed by atoms with E-state index < -0.39 is 0 Å². The quantitative estimate of drug-likeness (QED) is 0.571. The van der Waals surface area contributed by atoms with Gasteiger partial charge in [-0.2, -0.15) is 10.2 Å². The van der Waals surface area contributed by atoms with Gasteiger partial charge < -0.3 is 9.84 Å². The smallest absolute Gasteiger partial charge is 0.124 e. The number of hydrogen-bond acceptors (Lipinski definition) is 4. The summed E-state index contributed by atoms with van der Waals surface area (Å²) in [7, 11) is 1.93. The molecule has 2 aromatic carbocycles. The van der Waals surface area contributed by atoms with Gasteiger partial charge in [-0.05, 0) is 25.1 Å². The highest BCUT2D eigenvalue weighted by Crippen LogP contribution is 2.27. The molecular weight excluding hydrogens is 340 g/mol. The van der Waals surface area contributed by atoms with Crippen LogP contribution in [0.2, 0.25) is 0 Å². The maximum atomic E-state index is 9.60. The zero-order valence-corrected chi connectivity index (χ0v) is 15.5. The van der Waals surface area contributed by atoms with E-state index >= 15 is 0 Å². The van der Waals surface area contributed by atoms with Gasteiger partial charge in [-0.3, -0.25) is 9.36 Å². The number of hydrogen-bond donors (Lipinski definition) is 1. The van der Waals surface area contributed by atoms with Gasteiger partial charge in [0.2, 0.25) is 0 Å². The second kappa shape index (κ2) is 7.25. The molecule has 0 bridgehead atoms. The third-order valence-electron chi connectivity index (χ3n) is 4.63. The SMILES string of the molecule is CCOc1ccccc1Cn1nc(CO)cc1-c1ccc2cnn(C)c2c1. The van der Waals surface area contributed by atoms with Crippen LogP contribution in [0.25, 0.3) is 22.2 Å². The number of aryl methyl sites for hydroxylation is 1. The van der Waals surface area contributed by atoms with E-state index in [1.807, 2.05) is 59.9 Å². The molecule has 6 heteroatoms. The molecule has 0 saturated carbocycles. The molecule has 1 N–H and O–H groups in total. The molecule has 0 spiro atoms. The van der Waals surface area contributed by atoms with E-state index in [9.17, 15) is 5.11 Å². The molecule has 0 fully saturated rings. The summed E-state index contributed by atoms with van der Waals surface area (Å²) in [6, 6.07) is 16.1. The Morgan fingerprint density at radius 1 is 1.11 bits per heavy atom. The Morgan fingerprint density at radius 2 is 1.96 bits per heavy atom. The van der Waals surface area contributed by atoms with E-state index in [1.54, 1.807) is 0 Å². The van der Waals surface area contributed by atoms with Crippen LogP contribution in [0.5, 0.6) is 5.75 Å². The van der Waals surface area contributed by atoms with Gasteiger partial charge in [-0.15, -0.1) is 0 Å². The number of aliphatic hydroxyl groups is 1. The lowest BCUT2D eigenvalue weighted by atomic mass is 10.1. The average Bonchev–Trinajstić information content (AvgIpc) is 3.27. The van der Waals surface area contributed by atoms with Crippen molar-refractivity contribution in [3.05, 3.63) is 66.0 Å². The van der Waals surface area contributed by atoms with Crippen molar-refractivity contribution in [2.45, 2.75) is 20.1 Å². The lowest BCUT2D eigenvalue weighted by molar-refractivity contribution is 0.275. The third kappa shape index (κ3) is 3.31. The molecule has 27 heavy (non-hydrogen) atoms. The lowest BCUT2D eigenvalue weighted by Gasteiger charge is -2.12. The van der Waals surface area contributed by atoms with Crippen LogP contribution in [0.1, 0.15) is 18.2 Å². The Hall–Kier alpha value is -3.12. The molecule has 0 aliphatic carbocycles. The molecule has 0 atom stereocenters. The van der Waals surface area contributed by atoms with E-state index in [-0.39, 0.29) is 6.61 Å². The molecule has 0 aliphatic heterocycles. The number of para-hydroxylation sites is 1. The fourth-order valence-electron chi connectivity index (χ4n) is 3.30. The van der Waals surface area contributed by atoms with Crippen molar-refractivity contribution in [1.82, 2.24) is 19.6 Å². The number of fused-ring (bicyclic) bond motifs is 1. The molecule has 0 unspecified atom stereocenters. The van der Waals surface area contributed by atoms with Gasteiger partial charge >= 0.3 is 0 Å². The number of rotatable bonds is 6. The highest BCUT2D eigenvalue weighted by molar-refractivity contribution is 5.83. The van der Waals surface area contributed by atoms with Gasteiger partial charge in [0.25, 0.3) is 0 Å². The molecule has 6 nitrogen and oxygen atoms in total. The Balaban J connectivity index is 1.78. The summed E-state index contributed by atoms with van der Waals surface area (Å²) < 4.78 is 9.52. The predicted octanol–water partition coefficient (Wildman–Crippen LogP) is 3.38. The van der Waals surface area contributed by atoms with Crippen molar-refractivity contribution in [2.24, 2.45) is 7.05 Å². The maximum absolute atomic E-state index is 9.60. The highest BCUT2D eigenvalue weighted by atomic mass is 16.5. The number of benzene rings is 2. The van der Waals surface area contributed by atoms with Crippen molar-refractivity contribution >= 4 is 10.9 Å². The Bertz CT molecular complexity index is 1080. The highest BCUT2D eigenvalue weighted by Gasteiger charge is 2.13. The Kier molecular flexibility index (Phi) is 4.64. The zero-order chi connectivity index (χ0) is 18.8. The van der Waals surface area contributed by atoms with Crippen molar-refractivity contribution in [2.75, 3.05) is 6.61 Å². The molecular formula is C21H22N4O2. The van der Waals surface area contributed by atoms with E-state index in [0.717, 1.165) is 33.5 Å². The summed E-state index contributed by atoms with van der Waals surface area (Å²) in [6.07, 6.45) is 1.86. The normalized spacial score (nSPS) is 11.2. The predicted molar refractivity (Wildman–Crippen MR) is 105 cm³/mol. The zero-order valence-electron chi connectivity index (χ0n) is 15.5. The second-order valence-electron chi connectivity index (χ2n) is 6.42. The standard InChI is InChI=1S/C21H22N4O2/c1-3-27-21-7-5-4-6-17(21)13-25-20(11-18(14-26)23-25)15-8-9-16-12-22-24(2)19(16)10-15/h4-12,26H,3,13-14H2,1-2H3. The van der Waals surface area contributed by atoms with E-state index in [0.29, 0.717) is 18.8 Å². The molecule has 4 rings (SSSR count). The average molecular weight is 362 g/mol. The topological polar surface area (TPSA) is 65.1 Å². The summed E-state index contributed by atoms with van der Waals surface area (Å²) >= 11 is 0. The van der Waals surface area contributed by atoms with E-state index in [1.165, 1.54) is 0 Å². The monoisotopic (exact) mass is 362 g/mol. The second-order valence-corrected chi connectivity index (χ2v) is 6.42. The summed E-state index contributed by atoms with van der Waals surface area (Å²) in [5, 5.41) is 19.6. The van der Waals surface area contributed by atoms with E-state index in [2.05, 4.69) is 28.4 Å². The third-order valence-corrected chi connectivity index (χ3v) is 4.63.